The molecule has 32 heavy (non-hydrogen) atoms. The van der Waals surface area contributed by atoms with E-state index < -0.39 is 18.0 Å². The molecule has 7 heteroatoms. The Kier molecular flexibility index (Phi) is 5.15. The van der Waals surface area contributed by atoms with Crippen LogP contribution in [0.25, 0.3) is 0 Å². The predicted molar refractivity (Wildman–Crippen MR) is 113 cm³/mol. The van der Waals surface area contributed by atoms with Crippen molar-refractivity contribution in [3.8, 4) is 23.0 Å². The number of carbonyl (C=O) groups is 2. The van der Waals surface area contributed by atoms with Crippen molar-refractivity contribution in [3.05, 3.63) is 83.4 Å². The van der Waals surface area contributed by atoms with Crippen molar-refractivity contribution in [1.29, 1.82) is 0 Å². The summed E-state index contributed by atoms with van der Waals surface area (Å²) in [7, 11) is 1.25. The first kappa shape index (κ1) is 19.9. The van der Waals surface area contributed by atoms with Crippen LogP contribution in [0.2, 0.25) is 0 Å². The topological polar surface area (TPSA) is 80.3 Å². The highest BCUT2D eigenvalue weighted by Gasteiger charge is 2.44. The van der Waals surface area contributed by atoms with Gasteiger partial charge >= 0.3 is 5.97 Å². The van der Waals surface area contributed by atoms with Crippen molar-refractivity contribution in [1.82, 2.24) is 0 Å². The van der Waals surface area contributed by atoms with Crippen LogP contribution in [-0.4, -0.2) is 25.7 Å². The van der Waals surface area contributed by atoms with E-state index in [1.165, 1.54) is 7.11 Å². The van der Waals surface area contributed by atoms with Crippen LogP contribution in [0.4, 0.5) is 0 Å². The molecule has 3 aromatic rings. The molecule has 2 atom stereocenters. The number of carbonyl (C=O) groups excluding carboxylic acids is 2. The molecule has 162 valence electrons. The molecule has 3 aromatic carbocycles. The normalized spacial score (nSPS) is 18.5. The van der Waals surface area contributed by atoms with Gasteiger partial charge in [-0.05, 0) is 41.5 Å². The zero-order valence-electron chi connectivity index (χ0n) is 17.3. The first-order valence-electron chi connectivity index (χ1n) is 10.1. The molecule has 2 heterocycles. The molecule has 0 fully saturated rings. The number of esters is 1. The van der Waals surface area contributed by atoms with E-state index in [0.717, 1.165) is 5.56 Å². The Morgan fingerprint density at radius 3 is 2.56 bits per heavy atom. The Labute approximate surface area is 184 Å². The quantitative estimate of drug-likeness (QED) is 0.444. The maximum Gasteiger partial charge on any atom is 0.320 e. The smallest absolute Gasteiger partial charge is 0.320 e. The Hall–Kier alpha value is -4.00. The number of hydrogen-bond donors (Lipinski definition) is 0. The minimum atomic E-state index is -1.16. The molecule has 2 aliphatic rings. The first-order chi connectivity index (χ1) is 15.6. The van der Waals surface area contributed by atoms with E-state index in [1.807, 2.05) is 30.3 Å². The van der Waals surface area contributed by atoms with Crippen molar-refractivity contribution >= 4 is 11.8 Å². The number of benzene rings is 3. The summed E-state index contributed by atoms with van der Waals surface area (Å²) in [5.74, 6) is -0.176. The van der Waals surface area contributed by atoms with E-state index >= 15 is 0 Å². The monoisotopic (exact) mass is 432 g/mol. The van der Waals surface area contributed by atoms with E-state index in [-0.39, 0.29) is 18.1 Å². The maximum atomic E-state index is 13.4. The second-order valence-corrected chi connectivity index (χ2v) is 7.45. The molecule has 0 saturated carbocycles. The molecule has 2 unspecified atom stereocenters. The second kappa shape index (κ2) is 8.26. The minimum Gasteiger partial charge on any atom is -0.489 e. The fourth-order valence-electron chi connectivity index (χ4n) is 3.85. The van der Waals surface area contributed by atoms with Gasteiger partial charge in [0.25, 0.3) is 0 Å². The number of fused-ring (bicyclic) bond motifs is 2. The summed E-state index contributed by atoms with van der Waals surface area (Å²) in [6.45, 7) is 0.479. The Morgan fingerprint density at radius 1 is 0.969 bits per heavy atom. The highest BCUT2D eigenvalue weighted by molar-refractivity contribution is 6.11. The largest absolute Gasteiger partial charge is 0.489 e. The van der Waals surface area contributed by atoms with Gasteiger partial charge in [0.05, 0.1) is 12.7 Å². The van der Waals surface area contributed by atoms with Crippen molar-refractivity contribution in [3.63, 3.8) is 0 Å². The van der Waals surface area contributed by atoms with E-state index in [0.29, 0.717) is 35.2 Å². The van der Waals surface area contributed by atoms with Gasteiger partial charge in [-0.2, -0.15) is 0 Å². The van der Waals surface area contributed by atoms with Crippen molar-refractivity contribution in [2.45, 2.75) is 12.7 Å². The van der Waals surface area contributed by atoms with Gasteiger partial charge in [0, 0.05) is 0 Å². The van der Waals surface area contributed by atoms with Crippen LogP contribution in [0.15, 0.2) is 66.7 Å². The van der Waals surface area contributed by atoms with E-state index in [4.69, 9.17) is 23.7 Å². The van der Waals surface area contributed by atoms with Crippen LogP contribution >= 0.6 is 0 Å². The van der Waals surface area contributed by atoms with Crippen LogP contribution in [-0.2, 0) is 16.1 Å². The number of ketones is 1. The van der Waals surface area contributed by atoms with Crippen LogP contribution in [0, 0.1) is 5.92 Å². The van der Waals surface area contributed by atoms with Gasteiger partial charge in [-0.1, -0.05) is 36.4 Å². The summed E-state index contributed by atoms with van der Waals surface area (Å²) >= 11 is 0. The number of hydrogen-bond acceptors (Lipinski definition) is 7. The molecule has 5 rings (SSSR count). The van der Waals surface area contributed by atoms with E-state index in [1.54, 1.807) is 36.4 Å². The molecule has 0 radical (unpaired) electrons. The van der Waals surface area contributed by atoms with Crippen molar-refractivity contribution in [2.75, 3.05) is 13.9 Å². The summed E-state index contributed by atoms with van der Waals surface area (Å²) in [6.07, 6.45) is -0.854. The van der Waals surface area contributed by atoms with Gasteiger partial charge in [-0.25, -0.2) is 0 Å². The third kappa shape index (κ3) is 3.62. The van der Waals surface area contributed by atoms with Crippen molar-refractivity contribution < 1.29 is 33.3 Å². The van der Waals surface area contributed by atoms with Gasteiger partial charge < -0.3 is 23.7 Å². The molecule has 0 aromatic heterocycles. The molecule has 0 N–H and O–H groups in total. The van der Waals surface area contributed by atoms with Crippen LogP contribution in [0.5, 0.6) is 23.0 Å². The summed E-state index contributed by atoms with van der Waals surface area (Å²) < 4.78 is 27.7. The third-order valence-electron chi connectivity index (χ3n) is 5.48. The zero-order chi connectivity index (χ0) is 22.1. The van der Waals surface area contributed by atoms with Crippen LogP contribution in [0.1, 0.15) is 27.6 Å². The summed E-state index contributed by atoms with van der Waals surface area (Å²) in [5, 5.41) is 0. The van der Waals surface area contributed by atoms with Crippen molar-refractivity contribution in [2.24, 2.45) is 5.92 Å². The maximum absolute atomic E-state index is 13.4. The number of methoxy groups -OCH3 is 1. The molecule has 0 amide bonds. The van der Waals surface area contributed by atoms with Crippen LogP contribution in [0.3, 0.4) is 0 Å². The Bertz CT molecular complexity index is 1170. The van der Waals surface area contributed by atoms with Gasteiger partial charge in [-0.15, -0.1) is 0 Å². The number of ether oxygens (including phenoxy) is 5. The lowest BCUT2D eigenvalue weighted by Gasteiger charge is -2.31. The third-order valence-corrected chi connectivity index (χ3v) is 5.48. The number of Topliss-reactive ketones (excluding diaryl/α,β-unsaturated/α-hetero) is 1. The minimum absolute atomic E-state index is 0.123. The van der Waals surface area contributed by atoms with E-state index in [2.05, 4.69) is 0 Å². The fourth-order valence-corrected chi connectivity index (χ4v) is 3.85. The second-order valence-electron chi connectivity index (χ2n) is 7.45. The van der Waals surface area contributed by atoms with Crippen LogP contribution < -0.4 is 18.9 Å². The van der Waals surface area contributed by atoms with Gasteiger partial charge in [0.2, 0.25) is 6.79 Å². The lowest BCUT2D eigenvalue weighted by Crippen LogP contribution is -2.37. The molecular weight excluding hydrogens is 412 g/mol. The zero-order valence-corrected chi connectivity index (χ0v) is 17.3. The fraction of sp³-hybridized carbons (Fsp3) is 0.200. The Morgan fingerprint density at radius 2 is 1.75 bits per heavy atom. The molecule has 0 bridgehead atoms. The molecule has 2 aliphatic heterocycles. The standard InChI is InChI=1S/C25H20O7/c1-28-25(27)22-23(26)18-12-17(29-13-15-5-3-2-4-6-15)8-10-19(18)32-24(22)16-7-9-20-21(11-16)31-14-30-20/h2-12,22,24H,13-14H2,1H3. The molecule has 0 spiro atoms. The van der Waals surface area contributed by atoms with Gasteiger partial charge in [0.1, 0.15) is 24.2 Å². The molecule has 7 nitrogen and oxygen atoms in total. The summed E-state index contributed by atoms with van der Waals surface area (Å²) in [4.78, 5) is 26.0. The molecule has 0 saturated heterocycles. The Balaban J connectivity index is 1.45. The van der Waals surface area contributed by atoms with Gasteiger partial charge in [0.15, 0.2) is 23.2 Å². The highest BCUT2D eigenvalue weighted by atomic mass is 16.7. The first-order valence-corrected chi connectivity index (χ1v) is 10.1. The molecular formula is C25H20O7. The SMILES string of the molecule is COC(=O)C1C(=O)c2cc(OCc3ccccc3)ccc2OC1c1ccc2c(c1)OCO2. The predicted octanol–water partition coefficient (Wildman–Crippen LogP) is 4.10. The average Bonchev–Trinajstić information content (AvgIpc) is 3.31. The molecule has 0 aliphatic carbocycles. The summed E-state index contributed by atoms with van der Waals surface area (Å²) in [6, 6.07) is 19.9. The lowest BCUT2D eigenvalue weighted by atomic mass is 9.85. The summed E-state index contributed by atoms with van der Waals surface area (Å²) in [5.41, 5.74) is 1.90. The highest BCUT2D eigenvalue weighted by Crippen LogP contribution is 2.43. The van der Waals surface area contributed by atoms with Gasteiger partial charge in [-0.3, -0.25) is 9.59 Å². The number of rotatable bonds is 5. The lowest BCUT2D eigenvalue weighted by molar-refractivity contribution is -0.146. The average molecular weight is 432 g/mol. The van der Waals surface area contributed by atoms with E-state index in [9.17, 15) is 9.59 Å².